The van der Waals surface area contributed by atoms with Crippen molar-refractivity contribution in [1.29, 1.82) is 0 Å². The third kappa shape index (κ3) is 5.03. The fourth-order valence-corrected chi connectivity index (χ4v) is 6.54. The minimum Gasteiger partial charge on any atom is -0.371 e. The summed E-state index contributed by atoms with van der Waals surface area (Å²) in [4.78, 5) is 0.962. The van der Waals surface area contributed by atoms with Crippen LogP contribution in [0.1, 0.15) is 33.1 Å². The molecular formula is C17H28N8O4S2. The summed E-state index contributed by atoms with van der Waals surface area (Å²) in [5, 5.41) is 19.2. The van der Waals surface area contributed by atoms with Crippen LogP contribution in [-0.4, -0.2) is 63.1 Å². The van der Waals surface area contributed by atoms with Crippen LogP contribution in [0, 0.1) is 5.92 Å². The van der Waals surface area contributed by atoms with E-state index in [0.29, 0.717) is 37.7 Å². The van der Waals surface area contributed by atoms with Crippen molar-refractivity contribution in [2.24, 2.45) is 16.8 Å². The highest BCUT2D eigenvalue weighted by Gasteiger charge is 2.34. The third-order valence-electron chi connectivity index (χ3n) is 5.50. The summed E-state index contributed by atoms with van der Waals surface area (Å²) in [6, 6.07) is 2.43. The fourth-order valence-electron chi connectivity index (χ4n) is 3.62. The van der Waals surface area contributed by atoms with Crippen LogP contribution in [0.15, 0.2) is 21.9 Å². The monoisotopic (exact) mass is 472 g/mol. The van der Waals surface area contributed by atoms with Gasteiger partial charge in [0.25, 0.3) is 0 Å². The van der Waals surface area contributed by atoms with Crippen molar-refractivity contribution in [3.63, 3.8) is 0 Å². The first-order valence-electron chi connectivity index (χ1n) is 9.99. The average Bonchev–Trinajstić information content (AvgIpc) is 3.26. The average molecular weight is 473 g/mol. The number of hydrogen-bond acceptors (Lipinski definition) is 9. The molecule has 14 heteroatoms. The van der Waals surface area contributed by atoms with E-state index in [1.54, 1.807) is 13.0 Å². The van der Waals surface area contributed by atoms with E-state index in [4.69, 9.17) is 10.9 Å². The number of hydrogen-bond donors (Lipinski definition) is 4. The number of aromatic amines is 1. The van der Waals surface area contributed by atoms with Crippen molar-refractivity contribution < 1.29 is 16.8 Å². The highest BCUT2D eigenvalue weighted by Crippen LogP contribution is 2.39. The summed E-state index contributed by atoms with van der Waals surface area (Å²) in [6.07, 6.45) is 2.17. The predicted octanol–water partition coefficient (Wildman–Crippen LogP) is -0.234. The van der Waals surface area contributed by atoms with Crippen molar-refractivity contribution in [2.45, 2.75) is 48.9 Å². The van der Waals surface area contributed by atoms with Crippen LogP contribution in [0.25, 0.3) is 11.4 Å². The summed E-state index contributed by atoms with van der Waals surface area (Å²) in [6.45, 7) is 5.31. The Labute approximate surface area is 181 Å². The number of rotatable bonds is 8. The third-order valence-corrected chi connectivity index (χ3v) is 8.25. The summed E-state index contributed by atoms with van der Waals surface area (Å²) >= 11 is 0. The fraction of sp³-hybridized carbons (Fsp3) is 0.588. The van der Waals surface area contributed by atoms with Gasteiger partial charge in [0.1, 0.15) is 9.79 Å². The Hall–Kier alpha value is -2.13. The van der Waals surface area contributed by atoms with E-state index >= 15 is 0 Å². The van der Waals surface area contributed by atoms with Gasteiger partial charge < -0.3 is 10.6 Å². The number of primary sulfonamides is 1. The van der Waals surface area contributed by atoms with Gasteiger partial charge in [-0.15, -0.1) is 10.2 Å². The van der Waals surface area contributed by atoms with Crippen molar-refractivity contribution in [3.05, 3.63) is 12.1 Å². The molecule has 1 atom stereocenters. The zero-order chi connectivity index (χ0) is 22.8. The molecule has 2 aromatic rings. The number of aromatic nitrogens is 4. The topological polar surface area (TPSA) is 190 Å². The molecule has 6 N–H and O–H groups in total. The SMILES string of the molecule is CCC(C)NS(=O)(=O)c1ccc(N2CCC(CN)CC2)c(-c2nn[nH]n2)c1S(N)(=O)=O. The van der Waals surface area contributed by atoms with Crippen LogP contribution < -0.4 is 20.5 Å². The lowest BCUT2D eigenvalue weighted by Gasteiger charge is -2.34. The number of nitrogens with two attached hydrogens (primary N) is 2. The van der Waals surface area contributed by atoms with E-state index in [9.17, 15) is 16.8 Å². The molecule has 1 aromatic carbocycles. The van der Waals surface area contributed by atoms with E-state index < -0.39 is 35.9 Å². The summed E-state index contributed by atoms with van der Waals surface area (Å²) in [5.74, 6) is 0.322. The van der Waals surface area contributed by atoms with Crippen molar-refractivity contribution in [1.82, 2.24) is 25.3 Å². The van der Waals surface area contributed by atoms with Crippen LogP contribution in [-0.2, 0) is 20.0 Å². The molecule has 172 valence electrons. The Kier molecular flexibility index (Phi) is 6.95. The lowest BCUT2D eigenvalue weighted by atomic mass is 9.96. The van der Waals surface area contributed by atoms with Gasteiger partial charge in [0.15, 0.2) is 0 Å². The van der Waals surface area contributed by atoms with E-state index in [2.05, 4.69) is 25.3 Å². The molecule has 3 rings (SSSR count). The Morgan fingerprint density at radius 3 is 2.45 bits per heavy atom. The first kappa shape index (κ1) is 23.5. The number of anilines is 1. The quantitative estimate of drug-likeness (QED) is 0.402. The molecule has 0 aliphatic carbocycles. The molecule has 1 aliphatic rings. The van der Waals surface area contributed by atoms with Crippen LogP contribution in [0.3, 0.4) is 0 Å². The molecule has 0 spiro atoms. The van der Waals surface area contributed by atoms with Crippen LogP contribution >= 0.6 is 0 Å². The lowest BCUT2D eigenvalue weighted by Crippen LogP contribution is -2.37. The molecule has 0 bridgehead atoms. The number of nitrogens with zero attached hydrogens (tertiary/aromatic N) is 4. The molecule has 0 amide bonds. The van der Waals surface area contributed by atoms with Gasteiger partial charge in [-0.25, -0.2) is 26.7 Å². The summed E-state index contributed by atoms with van der Waals surface area (Å²) in [5.41, 5.74) is 6.26. The van der Waals surface area contributed by atoms with Gasteiger partial charge in [-0.2, -0.15) is 5.21 Å². The number of tetrazole rings is 1. The van der Waals surface area contributed by atoms with Gasteiger partial charge in [-0.05, 0) is 56.0 Å². The van der Waals surface area contributed by atoms with Crippen molar-refractivity contribution >= 4 is 25.7 Å². The number of nitrogens with one attached hydrogen (secondary N) is 2. The molecule has 1 unspecified atom stereocenters. The zero-order valence-corrected chi connectivity index (χ0v) is 19.1. The molecular weight excluding hydrogens is 444 g/mol. The second-order valence-electron chi connectivity index (χ2n) is 7.66. The Morgan fingerprint density at radius 2 is 1.94 bits per heavy atom. The van der Waals surface area contributed by atoms with Crippen molar-refractivity contribution in [2.75, 3.05) is 24.5 Å². The van der Waals surface area contributed by atoms with Gasteiger partial charge in [-0.1, -0.05) is 6.92 Å². The van der Waals surface area contributed by atoms with Gasteiger partial charge in [0.2, 0.25) is 25.9 Å². The molecule has 31 heavy (non-hydrogen) atoms. The first-order chi connectivity index (χ1) is 14.6. The van der Waals surface area contributed by atoms with Gasteiger partial charge in [-0.3, -0.25) is 0 Å². The second kappa shape index (κ2) is 9.16. The first-order valence-corrected chi connectivity index (χ1v) is 13.0. The van der Waals surface area contributed by atoms with Gasteiger partial charge in [0, 0.05) is 24.8 Å². The van der Waals surface area contributed by atoms with E-state index in [1.165, 1.54) is 6.07 Å². The van der Waals surface area contributed by atoms with E-state index in [-0.39, 0.29) is 11.4 Å². The molecule has 1 saturated heterocycles. The lowest BCUT2D eigenvalue weighted by molar-refractivity contribution is 0.414. The maximum atomic E-state index is 13.0. The molecule has 1 fully saturated rings. The van der Waals surface area contributed by atoms with Crippen LogP contribution in [0.4, 0.5) is 5.69 Å². The highest BCUT2D eigenvalue weighted by molar-refractivity contribution is 7.92. The zero-order valence-electron chi connectivity index (χ0n) is 17.4. The maximum absolute atomic E-state index is 13.0. The summed E-state index contributed by atoms with van der Waals surface area (Å²) < 4.78 is 53.9. The largest absolute Gasteiger partial charge is 0.371 e. The Bertz CT molecular complexity index is 1110. The molecule has 12 nitrogen and oxygen atoms in total. The predicted molar refractivity (Wildman–Crippen MR) is 115 cm³/mol. The normalized spacial score (nSPS) is 17.1. The van der Waals surface area contributed by atoms with Crippen LogP contribution in [0.5, 0.6) is 0 Å². The standard InChI is InChI=1S/C17H28N8O4S2/c1-3-11(2)22-31(28,29)14-5-4-13(25-8-6-12(10-18)7-9-25)15(16(14)30(19,26)27)17-20-23-24-21-17/h4-5,11-12,22H,3,6-10,18H2,1-2H3,(H2,19,26,27)(H,20,21,23,24). The van der Waals surface area contributed by atoms with E-state index in [1.807, 2.05) is 11.8 Å². The Balaban J connectivity index is 2.24. The number of sulfonamides is 2. The van der Waals surface area contributed by atoms with Gasteiger partial charge >= 0.3 is 0 Å². The van der Waals surface area contributed by atoms with Crippen LogP contribution in [0.2, 0.25) is 0 Å². The number of H-pyrrole nitrogens is 1. The smallest absolute Gasteiger partial charge is 0.242 e. The minimum atomic E-state index is -4.48. The second-order valence-corrected chi connectivity index (χ2v) is 10.8. The van der Waals surface area contributed by atoms with Crippen molar-refractivity contribution in [3.8, 4) is 11.4 Å². The number of benzene rings is 1. The Morgan fingerprint density at radius 1 is 1.26 bits per heavy atom. The molecule has 1 aliphatic heterocycles. The van der Waals surface area contributed by atoms with E-state index in [0.717, 1.165) is 12.8 Å². The highest BCUT2D eigenvalue weighted by atomic mass is 32.2. The minimum absolute atomic E-state index is 0.00877. The molecule has 0 radical (unpaired) electrons. The molecule has 2 heterocycles. The van der Waals surface area contributed by atoms with Gasteiger partial charge in [0.05, 0.1) is 5.56 Å². The maximum Gasteiger partial charge on any atom is 0.242 e. The summed E-state index contributed by atoms with van der Waals surface area (Å²) in [7, 11) is -8.67. The number of piperidine rings is 1. The molecule has 1 aromatic heterocycles. The molecule has 0 saturated carbocycles.